The van der Waals surface area contributed by atoms with Crippen LogP contribution in [0.5, 0.6) is 0 Å². The summed E-state index contributed by atoms with van der Waals surface area (Å²) in [7, 11) is 0. The van der Waals surface area contributed by atoms with Gasteiger partial charge < -0.3 is 0 Å². The van der Waals surface area contributed by atoms with Crippen molar-refractivity contribution in [3.05, 3.63) is 54.6 Å². The first-order valence-corrected chi connectivity index (χ1v) is 8.29. The van der Waals surface area contributed by atoms with Gasteiger partial charge in [-0.2, -0.15) is 0 Å². The van der Waals surface area contributed by atoms with Gasteiger partial charge >= 0.3 is 0 Å². The van der Waals surface area contributed by atoms with Crippen molar-refractivity contribution in [1.82, 2.24) is 0 Å². The maximum absolute atomic E-state index is 12.6. The van der Waals surface area contributed by atoms with Crippen molar-refractivity contribution in [3.8, 4) is 11.1 Å². The second-order valence-corrected chi connectivity index (χ2v) is 6.42. The minimum absolute atomic E-state index is 0.00726. The number of hydrogen-bond acceptors (Lipinski definition) is 2. The minimum atomic E-state index is -0.0925. The second-order valence-electron chi connectivity index (χ2n) is 6.42. The molecule has 1 heterocycles. The fourth-order valence-corrected chi connectivity index (χ4v) is 3.85. The highest BCUT2D eigenvalue weighted by Gasteiger charge is 2.48. The summed E-state index contributed by atoms with van der Waals surface area (Å²) in [5, 5.41) is 0. The lowest BCUT2D eigenvalue weighted by molar-refractivity contribution is -0.122. The normalized spacial score (nSPS) is 23.9. The zero-order valence-electron chi connectivity index (χ0n) is 12.9. The molecule has 1 saturated carbocycles. The van der Waals surface area contributed by atoms with E-state index in [2.05, 4.69) is 12.1 Å². The van der Waals surface area contributed by atoms with E-state index in [-0.39, 0.29) is 23.7 Å². The first-order valence-electron chi connectivity index (χ1n) is 8.29. The van der Waals surface area contributed by atoms with E-state index in [1.165, 1.54) is 4.90 Å². The van der Waals surface area contributed by atoms with Crippen LogP contribution in [0, 0.1) is 11.8 Å². The van der Waals surface area contributed by atoms with E-state index in [4.69, 9.17) is 0 Å². The smallest absolute Gasteiger partial charge is 0.237 e. The summed E-state index contributed by atoms with van der Waals surface area (Å²) >= 11 is 0. The number of rotatable bonds is 2. The van der Waals surface area contributed by atoms with Crippen LogP contribution in [-0.2, 0) is 9.59 Å². The summed E-state index contributed by atoms with van der Waals surface area (Å²) in [5.41, 5.74) is 2.92. The third-order valence-corrected chi connectivity index (χ3v) is 5.07. The molecule has 4 rings (SSSR count). The van der Waals surface area contributed by atoms with Gasteiger partial charge in [0.05, 0.1) is 17.5 Å². The minimum Gasteiger partial charge on any atom is -0.274 e. The highest BCUT2D eigenvalue weighted by Crippen LogP contribution is 2.40. The van der Waals surface area contributed by atoms with Crippen molar-refractivity contribution in [1.29, 1.82) is 0 Å². The second kappa shape index (κ2) is 5.65. The first-order chi connectivity index (χ1) is 11.3. The maximum atomic E-state index is 12.6. The van der Waals surface area contributed by atoms with Crippen LogP contribution in [0.15, 0.2) is 54.6 Å². The number of hydrogen-bond donors (Lipinski definition) is 0. The first kappa shape index (κ1) is 14.2. The third kappa shape index (κ3) is 2.37. The van der Waals surface area contributed by atoms with Crippen molar-refractivity contribution in [2.45, 2.75) is 25.7 Å². The van der Waals surface area contributed by atoms with Gasteiger partial charge in [0.15, 0.2) is 0 Å². The van der Waals surface area contributed by atoms with Gasteiger partial charge in [0.25, 0.3) is 0 Å². The summed E-state index contributed by atoms with van der Waals surface area (Å²) in [5.74, 6) is -0.200. The number of carbonyl (C=O) groups excluding carboxylic acids is 2. The lowest BCUT2D eigenvalue weighted by Crippen LogP contribution is -2.30. The molecule has 2 aromatic rings. The summed E-state index contributed by atoms with van der Waals surface area (Å²) in [6, 6.07) is 17.8. The zero-order valence-corrected chi connectivity index (χ0v) is 12.9. The zero-order chi connectivity index (χ0) is 15.8. The topological polar surface area (TPSA) is 37.4 Å². The third-order valence-electron chi connectivity index (χ3n) is 5.07. The predicted octanol–water partition coefficient (Wildman–Crippen LogP) is 4.03. The Labute approximate surface area is 135 Å². The highest BCUT2D eigenvalue weighted by molar-refractivity contribution is 6.22. The van der Waals surface area contributed by atoms with E-state index in [9.17, 15) is 9.59 Å². The van der Waals surface area contributed by atoms with Crippen LogP contribution < -0.4 is 4.90 Å². The predicted molar refractivity (Wildman–Crippen MR) is 89.8 cm³/mol. The molecule has 116 valence electrons. The van der Waals surface area contributed by atoms with Crippen LogP contribution >= 0.6 is 0 Å². The molecule has 0 aromatic heterocycles. The van der Waals surface area contributed by atoms with E-state index in [0.29, 0.717) is 5.69 Å². The van der Waals surface area contributed by atoms with Crippen LogP contribution in [0.1, 0.15) is 25.7 Å². The summed E-state index contributed by atoms with van der Waals surface area (Å²) < 4.78 is 0. The van der Waals surface area contributed by atoms with Gasteiger partial charge in [-0.05, 0) is 36.1 Å². The van der Waals surface area contributed by atoms with Gasteiger partial charge in [0, 0.05) is 0 Å². The van der Waals surface area contributed by atoms with E-state index in [1.807, 2.05) is 42.5 Å². The Balaban J connectivity index is 1.63. The van der Waals surface area contributed by atoms with Crippen LogP contribution in [0.2, 0.25) is 0 Å². The molecule has 1 aliphatic carbocycles. The number of benzene rings is 2. The molecule has 2 aromatic carbocycles. The Hall–Kier alpha value is -2.42. The van der Waals surface area contributed by atoms with E-state index >= 15 is 0 Å². The van der Waals surface area contributed by atoms with Crippen molar-refractivity contribution in [2.24, 2.45) is 11.8 Å². The number of amides is 2. The van der Waals surface area contributed by atoms with Crippen molar-refractivity contribution >= 4 is 17.5 Å². The Morgan fingerprint density at radius 2 is 1.22 bits per heavy atom. The quantitative estimate of drug-likeness (QED) is 0.785. The van der Waals surface area contributed by atoms with Crippen molar-refractivity contribution in [3.63, 3.8) is 0 Å². The fourth-order valence-electron chi connectivity index (χ4n) is 3.85. The van der Waals surface area contributed by atoms with E-state index < -0.39 is 0 Å². The molecular weight excluding hydrogens is 286 g/mol. The van der Waals surface area contributed by atoms with E-state index in [1.54, 1.807) is 0 Å². The molecule has 3 heteroatoms. The average molecular weight is 305 g/mol. The van der Waals surface area contributed by atoms with Crippen molar-refractivity contribution < 1.29 is 9.59 Å². The molecule has 2 atom stereocenters. The van der Waals surface area contributed by atoms with Gasteiger partial charge in [-0.15, -0.1) is 0 Å². The molecule has 0 N–H and O–H groups in total. The molecule has 2 fully saturated rings. The molecule has 1 saturated heterocycles. The molecule has 0 spiro atoms. The lowest BCUT2D eigenvalue weighted by atomic mass is 9.81. The molecule has 2 aliphatic rings. The van der Waals surface area contributed by atoms with Gasteiger partial charge in [0.2, 0.25) is 11.8 Å². The molecule has 0 radical (unpaired) electrons. The number of nitrogens with zero attached hydrogens (tertiary/aromatic N) is 1. The molecule has 2 amide bonds. The maximum Gasteiger partial charge on any atom is 0.237 e. The Morgan fingerprint density at radius 3 is 1.78 bits per heavy atom. The van der Waals surface area contributed by atoms with E-state index in [0.717, 1.165) is 36.8 Å². The molecule has 3 nitrogen and oxygen atoms in total. The highest BCUT2D eigenvalue weighted by atomic mass is 16.2. The van der Waals surface area contributed by atoms with Gasteiger partial charge in [0.1, 0.15) is 0 Å². The Morgan fingerprint density at radius 1 is 0.696 bits per heavy atom. The van der Waals surface area contributed by atoms with Crippen LogP contribution in [0.3, 0.4) is 0 Å². The standard InChI is InChI=1S/C20H19NO2/c22-19-17-8-4-5-9-18(17)20(23)21(19)16-12-10-15(11-13-16)14-6-2-1-3-7-14/h1-3,6-7,10-13,17-18H,4-5,8-9H2. The number of carbonyl (C=O) groups is 2. The van der Waals surface area contributed by atoms with Crippen LogP contribution in [0.25, 0.3) is 11.1 Å². The summed E-state index contributed by atoms with van der Waals surface area (Å²) in [4.78, 5) is 26.6. The SMILES string of the molecule is O=C1C2CCCCC2C(=O)N1c1ccc(-c2ccccc2)cc1. The number of imide groups is 1. The van der Waals surface area contributed by atoms with Gasteiger partial charge in [-0.25, -0.2) is 0 Å². The van der Waals surface area contributed by atoms with Crippen molar-refractivity contribution in [2.75, 3.05) is 4.90 Å². The largest absolute Gasteiger partial charge is 0.274 e. The Kier molecular flexibility index (Phi) is 3.49. The summed E-state index contributed by atoms with van der Waals surface area (Å²) in [6.07, 6.45) is 3.82. The van der Waals surface area contributed by atoms with Gasteiger partial charge in [-0.1, -0.05) is 55.3 Å². The van der Waals surface area contributed by atoms with Crippen LogP contribution in [-0.4, -0.2) is 11.8 Å². The fraction of sp³-hybridized carbons (Fsp3) is 0.300. The number of anilines is 1. The number of fused-ring (bicyclic) bond motifs is 1. The Bertz CT molecular complexity index is 712. The molecule has 1 aliphatic heterocycles. The molecule has 2 unspecified atom stereocenters. The molecular formula is C20H19NO2. The van der Waals surface area contributed by atoms with Crippen LogP contribution in [0.4, 0.5) is 5.69 Å². The monoisotopic (exact) mass is 305 g/mol. The lowest BCUT2D eigenvalue weighted by Gasteiger charge is -2.19. The summed E-state index contributed by atoms with van der Waals surface area (Å²) in [6.45, 7) is 0. The molecule has 23 heavy (non-hydrogen) atoms. The average Bonchev–Trinajstić information content (AvgIpc) is 2.87. The molecule has 0 bridgehead atoms. The van der Waals surface area contributed by atoms with Gasteiger partial charge in [-0.3, -0.25) is 14.5 Å².